The smallest absolute Gasteiger partial charge is 0.243 e. The van der Waals surface area contributed by atoms with Crippen LogP contribution in [0.1, 0.15) is 36.5 Å². The summed E-state index contributed by atoms with van der Waals surface area (Å²) in [4.78, 5) is 12.7. The lowest BCUT2D eigenvalue weighted by atomic mass is 9.97. The second-order valence-corrected chi connectivity index (χ2v) is 9.22. The molecule has 1 atom stereocenters. The first-order valence-corrected chi connectivity index (χ1v) is 10.6. The number of carbonyl (C=O) groups is 1. The lowest BCUT2D eigenvalue weighted by Gasteiger charge is -2.31. The van der Waals surface area contributed by atoms with Crippen molar-refractivity contribution in [3.63, 3.8) is 0 Å². The van der Waals surface area contributed by atoms with Gasteiger partial charge >= 0.3 is 0 Å². The van der Waals surface area contributed by atoms with E-state index in [0.717, 1.165) is 16.7 Å². The van der Waals surface area contributed by atoms with Gasteiger partial charge in [-0.25, -0.2) is 8.42 Å². The molecular weight excluding hydrogens is 350 g/mol. The number of amides is 1. The molecule has 146 valence electrons. The van der Waals surface area contributed by atoms with Gasteiger partial charge in [-0.1, -0.05) is 17.7 Å². The Morgan fingerprint density at radius 3 is 2.23 bits per heavy atom. The van der Waals surface area contributed by atoms with Crippen LogP contribution in [0.3, 0.4) is 0 Å². The first-order valence-electron chi connectivity index (χ1n) is 9.19. The number of sulfonamides is 1. The number of carbonyl (C=O) groups excluding carboxylic acids is 1. The van der Waals surface area contributed by atoms with Gasteiger partial charge in [-0.15, -0.1) is 0 Å². The third kappa shape index (κ3) is 4.64. The molecule has 0 radical (unpaired) electrons. The van der Waals surface area contributed by atoms with Crippen LogP contribution >= 0.6 is 0 Å². The molecule has 1 aliphatic rings. The Kier molecular flexibility index (Phi) is 6.82. The van der Waals surface area contributed by atoms with Crippen molar-refractivity contribution in [3.05, 3.63) is 28.8 Å². The van der Waals surface area contributed by atoms with Gasteiger partial charge < -0.3 is 10.6 Å². The maximum absolute atomic E-state index is 13.1. The summed E-state index contributed by atoms with van der Waals surface area (Å²) in [5, 5.41) is 6.02. The zero-order chi connectivity index (χ0) is 19.5. The van der Waals surface area contributed by atoms with Crippen molar-refractivity contribution in [1.29, 1.82) is 0 Å². The molecule has 1 aromatic rings. The number of piperidine rings is 1. The number of nitrogens with one attached hydrogen (secondary N) is 2. The topological polar surface area (TPSA) is 78.5 Å². The maximum atomic E-state index is 13.1. The minimum Gasteiger partial charge on any atom is -0.354 e. The third-order valence-corrected chi connectivity index (χ3v) is 7.31. The highest BCUT2D eigenvalue weighted by molar-refractivity contribution is 7.89. The van der Waals surface area contributed by atoms with Crippen LogP contribution in [-0.2, 0) is 14.8 Å². The van der Waals surface area contributed by atoms with Crippen LogP contribution in [0, 0.1) is 26.7 Å². The quantitative estimate of drug-likeness (QED) is 0.787. The lowest BCUT2D eigenvalue weighted by Crippen LogP contribution is -2.45. The van der Waals surface area contributed by atoms with Gasteiger partial charge in [0.1, 0.15) is 0 Å². The van der Waals surface area contributed by atoms with Gasteiger partial charge in [-0.3, -0.25) is 4.79 Å². The fraction of sp³-hybridized carbons (Fsp3) is 0.632. The molecule has 1 heterocycles. The normalized spacial score (nSPS) is 17.9. The van der Waals surface area contributed by atoms with Crippen molar-refractivity contribution in [2.24, 2.45) is 5.92 Å². The molecule has 26 heavy (non-hydrogen) atoms. The summed E-state index contributed by atoms with van der Waals surface area (Å²) < 4.78 is 27.7. The number of likely N-dealkylation sites (N-methyl/N-ethyl adjacent to an activating group) is 1. The zero-order valence-corrected chi connectivity index (χ0v) is 17.2. The minimum atomic E-state index is -3.53. The van der Waals surface area contributed by atoms with Gasteiger partial charge in [0, 0.05) is 31.6 Å². The number of rotatable bonds is 6. The second kappa shape index (κ2) is 8.50. The van der Waals surface area contributed by atoms with E-state index in [1.54, 1.807) is 0 Å². The first-order chi connectivity index (χ1) is 12.2. The summed E-state index contributed by atoms with van der Waals surface area (Å²) in [6.45, 7) is 9.00. The summed E-state index contributed by atoms with van der Waals surface area (Å²) in [6, 6.07) is 4.03. The predicted molar refractivity (Wildman–Crippen MR) is 104 cm³/mol. The Balaban J connectivity index is 2.04. The number of nitrogens with zero attached hydrogens (tertiary/aromatic N) is 1. The van der Waals surface area contributed by atoms with E-state index in [1.807, 2.05) is 46.9 Å². The van der Waals surface area contributed by atoms with E-state index in [4.69, 9.17) is 0 Å². The fourth-order valence-electron chi connectivity index (χ4n) is 3.56. The number of aryl methyl sites for hydroxylation is 3. The Labute approximate surface area is 157 Å². The van der Waals surface area contributed by atoms with Crippen LogP contribution in [-0.4, -0.2) is 51.4 Å². The van der Waals surface area contributed by atoms with E-state index >= 15 is 0 Å². The summed E-state index contributed by atoms with van der Waals surface area (Å²) >= 11 is 0. The van der Waals surface area contributed by atoms with Crippen LogP contribution in [0.4, 0.5) is 0 Å². The fourth-order valence-corrected chi connectivity index (χ4v) is 5.44. The first kappa shape index (κ1) is 20.9. The number of hydrogen-bond donors (Lipinski definition) is 2. The Morgan fingerprint density at radius 2 is 1.73 bits per heavy atom. The van der Waals surface area contributed by atoms with Crippen LogP contribution in [0.5, 0.6) is 0 Å². The highest BCUT2D eigenvalue weighted by atomic mass is 32.2. The molecule has 0 bridgehead atoms. The van der Waals surface area contributed by atoms with Crippen LogP contribution in [0.2, 0.25) is 0 Å². The summed E-state index contributed by atoms with van der Waals surface area (Å²) in [7, 11) is -1.67. The highest BCUT2D eigenvalue weighted by Gasteiger charge is 2.33. The Hall–Kier alpha value is -1.44. The van der Waals surface area contributed by atoms with E-state index in [-0.39, 0.29) is 17.9 Å². The second-order valence-electron chi connectivity index (χ2n) is 7.34. The minimum absolute atomic E-state index is 0.0202. The Bertz CT molecular complexity index is 730. The average Bonchev–Trinajstić information content (AvgIpc) is 2.58. The molecule has 1 amide bonds. The lowest BCUT2D eigenvalue weighted by molar-refractivity contribution is -0.126. The van der Waals surface area contributed by atoms with Crippen molar-refractivity contribution >= 4 is 15.9 Å². The molecule has 0 saturated carbocycles. The molecule has 0 spiro atoms. The summed E-state index contributed by atoms with van der Waals surface area (Å²) in [6.07, 6.45) is 1.12. The molecule has 0 aromatic heterocycles. The van der Waals surface area contributed by atoms with Gasteiger partial charge in [0.15, 0.2) is 0 Å². The van der Waals surface area contributed by atoms with E-state index in [0.29, 0.717) is 37.4 Å². The molecule has 2 rings (SSSR count). The van der Waals surface area contributed by atoms with Crippen LogP contribution in [0.15, 0.2) is 17.0 Å². The number of hydrogen-bond acceptors (Lipinski definition) is 4. The molecule has 0 aliphatic carbocycles. The molecule has 1 unspecified atom stereocenters. The van der Waals surface area contributed by atoms with E-state index in [2.05, 4.69) is 10.6 Å². The highest BCUT2D eigenvalue weighted by Crippen LogP contribution is 2.28. The molecule has 1 aliphatic heterocycles. The van der Waals surface area contributed by atoms with Crippen molar-refractivity contribution < 1.29 is 13.2 Å². The molecular formula is C19H31N3O3S. The van der Waals surface area contributed by atoms with Gasteiger partial charge in [0.25, 0.3) is 0 Å². The van der Waals surface area contributed by atoms with E-state index < -0.39 is 10.0 Å². The van der Waals surface area contributed by atoms with Gasteiger partial charge in [-0.05, 0) is 58.7 Å². The molecule has 2 N–H and O–H groups in total. The number of benzene rings is 1. The molecule has 6 nitrogen and oxygen atoms in total. The summed E-state index contributed by atoms with van der Waals surface area (Å²) in [5.41, 5.74) is 2.62. The van der Waals surface area contributed by atoms with Gasteiger partial charge in [0.2, 0.25) is 15.9 Å². The zero-order valence-electron chi connectivity index (χ0n) is 16.4. The maximum Gasteiger partial charge on any atom is 0.243 e. The van der Waals surface area contributed by atoms with Crippen molar-refractivity contribution in [3.8, 4) is 0 Å². The standard InChI is InChI=1S/C19H31N3O3S/c1-13-10-14(2)18(15(3)11-13)26(24,25)22-8-6-17(7-9-22)19(23)21-12-16(4)20-5/h10-11,16-17,20H,6-9,12H2,1-5H3,(H,21,23). The molecule has 1 fully saturated rings. The summed E-state index contributed by atoms with van der Waals surface area (Å²) in [5.74, 6) is -0.0995. The SMILES string of the molecule is CNC(C)CNC(=O)C1CCN(S(=O)(=O)c2c(C)cc(C)cc2C)CC1. The van der Waals surface area contributed by atoms with Crippen molar-refractivity contribution in [1.82, 2.24) is 14.9 Å². The van der Waals surface area contributed by atoms with Crippen LogP contribution < -0.4 is 10.6 Å². The van der Waals surface area contributed by atoms with E-state index in [9.17, 15) is 13.2 Å². The van der Waals surface area contributed by atoms with Gasteiger partial charge in [-0.2, -0.15) is 4.31 Å². The Morgan fingerprint density at radius 1 is 1.19 bits per heavy atom. The molecule has 1 saturated heterocycles. The molecule has 7 heteroatoms. The van der Waals surface area contributed by atoms with Gasteiger partial charge in [0.05, 0.1) is 4.90 Å². The third-order valence-electron chi connectivity index (χ3n) is 5.10. The molecule has 1 aromatic carbocycles. The van der Waals surface area contributed by atoms with E-state index in [1.165, 1.54) is 4.31 Å². The predicted octanol–water partition coefficient (Wildman–Crippen LogP) is 1.74. The van der Waals surface area contributed by atoms with Crippen LogP contribution in [0.25, 0.3) is 0 Å². The largest absolute Gasteiger partial charge is 0.354 e. The monoisotopic (exact) mass is 381 g/mol. The van der Waals surface area contributed by atoms with Crippen molar-refractivity contribution in [2.75, 3.05) is 26.7 Å². The average molecular weight is 382 g/mol. The van der Waals surface area contributed by atoms with Crippen molar-refractivity contribution in [2.45, 2.75) is 51.5 Å².